The fourth-order valence-corrected chi connectivity index (χ4v) is 3.62. The first-order chi connectivity index (χ1) is 8.94. The van der Waals surface area contributed by atoms with Crippen molar-refractivity contribution in [3.63, 3.8) is 0 Å². The third-order valence-electron chi connectivity index (χ3n) is 3.42. The van der Waals surface area contributed by atoms with E-state index in [0.717, 1.165) is 0 Å². The van der Waals surface area contributed by atoms with Gasteiger partial charge < -0.3 is 15.7 Å². The predicted octanol–water partition coefficient (Wildman–Crippen LogP) is -0.540. The standard InChI is InChI=1S/C12H22N2O5S/c1-12(2,3)10(13)11(17)14-4-5-20(18,19)7-8(14)6-9(15)16/h8,10H,4-7,13H2,1-3H3,(H,15,16)/t8?,10-/m0/s1. The van der Waals surface area contributed by atoms with Gasteiger partial charge in [-0.1, -0.05) is 20.8 Å². The maximum absolute atomic E-state index is 12.4. The molecule has 8 heteroatoms. The van der Waals surface area contributed by atoms with Crippen molar-refractivity contribution in [1.29, 1.82) is 0 Å². The molecule has 0 aliphatic carbocycles. The monoisotopic (exact) mass is 306 g/mol. The van der Waals surface area contributed by atoms with Crippen LogP contribution in [0.15, 0.2) is 0 Å². The summed E-state index contributed by atoms with van der Waals surface area (Å²) in [4.78, 5) is 24.5. The first-order valence-corrected chi connectivity index (χ1v) is 8.24. The number of carboxylic acid groups (broad SMARTS) is 1. The van der Waals surface area contributed by atoms with E-state index >= 15 is 0 Å². The summed E-state index contributed by atoms with van der Waals surface area (Å²) in [6.07, 6.45) is -0.387. The second-order valence-corrected chi connectivity index (χ2v) is 8.47. The molecular formula is C12H22N2O5S. The number of carboxylic acids is 1. The van der Waals surface area contributed by atoms with Crippen LogP contribution in [0.3, 0.4) is 0 Å². The molecule has 0 aromatic carbocycles. The van der Waals surface area contributed by atoms with E-state index in [2.05, 4.69) is 0 Å². The third-order valence-corrected chi connectivity index (χ3v) is 5.12. The van der Waals surface area contributed by atoms with Gasteiger partial charge in [0.15, 0.2) is 9.84 Å². The minimum Gasteiger partial charge on any atom is -0.481 e. The highest BCUT2D eigenvalue weighted by atomic mass is 32.2. The Morgan fingerprint density at radius 1 is 1.40 bits per heavy atom. The number of amides is 1. The van der Waals surface area contributed by atoms with Crippen LogP contribution in [0.2, 0.25) is 0 Å². The molecule has 0 spiro atoms. The van der Waals surface area contributed by atoms with Crippen molar-refractivity contribution >= 4 is 21.7 Å². The Bertz CT molecular complexity index is 494. The van der Waals surface area contributed by atoms with E-state index in [-0.39, 0.29) is 24.5 Å². The molecule has 20 heavy (non-hydrogen) atoms. The minimum absolute atomic E-state index is 0.00287. The molecule has 0 saturated carbocycles. The maximum Gasteiger partial charge on any atom is 0.305 e. The van der Waals surface area contributed by atoms with Crippen LogP contribution in [-0.2, 0) is 19.4 Å². The van der Waals surface area contributed by atoms with Crippen LogP contribution in [0.4, 0.5) is 0 Å². The molecule has 1 aliphatic rings. The normalized spacial score (nSPS) is 24.2. The van der Waals surface area contributed by atoms with E-state index in [0.29, 0.717) is 0 Å². The van der Waals surface area contributed by atoms with Gasteiger partial charge in [-0.05, 0) is 5.41 Å². The number of nitrogens with zero attached hydrogens (tertiary/aromatic N) is 1. The molecule has 1 saturated heterocycles. The highest BCUT2D eigenvalue weighted by molar-refractivity contribution is 7.91. The summed E-state index contributed by atoms with van der Waals surface area (Å²) in [6.45, 7) is 5.43. The number of aliphatic carboxylic acids is 1. The summed E-state index contributed by atoms with van der Waals surface area (Å²) in [7, 11) is -3.30. The van der Waals surface area contributed by atoms with Gasteiger partial charge in [0, 0.05) is 6.54 Å². The van der Waals surface area contributed by atoms with Crippen LogP contribution in [0.5, 0.6) is 0 Å². The van der Waals surface area contributed by atoms with E-state index in [1.165, 1.54) is 4.90 Å². The van der Waals surface area contributed by atoms with Gasteiger partial charge in [0.25, 0.3) is 0 Å². The number of carbonyl (C=O) groups is 2. The average Bonchev–Trinajstić information content (AvgIpc) is 2.24. The number of hydrogen-bond donors (Lipinski definition) is 2. The summed E-state index contributed by atoms with van der Waals surface area (Å²) in [5.74, 6) is -1.99. The van der Waals surface area contributed by atoms with Crippen molar-refractivity contribution < 1.29 is 23.1 Å². The van der Waals surface area contributed by atoms with Crippen LogP contribution in [0, 0.1) is 5.41 Å². The molecular weight excluding hydrogens is 284 g/mol. The molecule has 1 aliphatic heterocycles. The van der Waals surface area contributed by atoms with Gasteiger partial charge in [-0.15, -0.1) is 0 Å². The van der Waals surface area contributed by atoms with Gasteiger partial charge in [-0.2, -0.15) is 0 Å². The van der Waals surface area contributed by atoms with Crippen molar-refractivity contribution in [3.05, 3.63) is 0 Å². The summed E-state index contributed by atoms with van der Waals surface area (Å²) in [5, 5.41) is 8.87. The number of hydrogen-bond acceptors (Lipinski definition) is 5. The number of rotatable bonds is 3. The van der Waals surface area contributed by atoms with Crippen LogP contribution in [-0.4, -0.2) is 60.4 Å². The largest absolute Gasteiger partial charge is 0.481 e. The number of nitrogens with two attached hydrogens (primary N) is 1. The highest BCUT2D eigenvalue weighted by Crippen LogP contribution is 2.23. The molecule has 0 bridgehead atoms. The molecule has 0 aromatic rings. The second-order valence-electron chi connectivity index (χ2n) is 6.24. The van der Waals surface area contributed by atoms with Crippen LogP contribution in [0.25, 0.3) is 0 Å². The smallest absolute Gasteiger partial charge is 0.305 e. The first-order valence-electron chi connectivity index (χ1n) is 6.42. The SMILES string of the molecule is CC(C)(C)[C@@H](N)C(=O)N1CCS(=O)(=O)CC1CC(=O)O. The first kappa shape index (κ1) is 16.9. The molecule has 1 fully saturated rings. The van der Waals surface area contributed by atoms with Crippen LogP contribution in [0.1, 0.15) is 27.2 Å². The van der Waals surface area contributed by atoms with Gasteiger partial charge in [-0.25, -0.2) is 8.42 Å². The topological polar surface area (TPSA) is 118 Å². The van der Waals surface area contributed by atoms with E-state index in [4.69, 9.17) is 10.8 Å². The zero-order valence-electron chi connectivity index (χ0n) is 12.0. The van der Waals surface area contributed by atoms with E-state index in [9.17, 15) is 18.0 Å². The fraction of sp³-hybridized carbons (Fsp3) is 0.833. The van der Waals surface area contributed by atoms with E-state index in [1.54, 1.807) is 0 Å². The van der Waals surface area contributed by atoms with Gasteiger partial charge in [0.1, 0.15) is 0 Å². The average molecular weight is 306 g/mol. The Labute approximate surface area is 119 Å². The van der Waals surface area contributed by atoms with Crippen LogP contribution < -0.4 is 5.73 Å². The van der Waals surface area contributed by atoms with E-state index < -0.39 is 39.2 Å². The van der Waals surface area contributed by atoms with Crippen molar-refractivity contribution in [1.82, 2.24) is 4.90 Å². The quantitative estimate of drug-likeness (QED) is 0.723. The minimum atomic E-state index is -3.30. The van der Waals surface area contributed by atoms with Gasteiger partial charge in [-0.3, -0.25) is 9.59 Å². The Morgan fingerprint density at radius 3 is 2.40 bits per heavy atom. The van der Waals surface area contributed by atoms with Crippen molar-refractivity contribution in [2.75, 3.05) is 18.1 Å². The molecule has 1 unspecified atom stereocenters. The Hall–Kier alpha value is -1.15. The van der Waals surface area contributed by atoms with Crippen LogP contribution >= 0.6 is 0 Å². The second kappa shape index (κ2) is 5.69. The molecule has 0 radical (unpaired) electrons. The summed E-state index contributed by atoms with van der Waals surface area (Å²) < 4.78 is 23.2. The van der Waals surface area contributed by atoms with Crippen molar-refractivity contribution in [2.45, 2.75) is 39.3 Å². The summed E-state index contributed by atoms with van der Waals surface area (Å²) in [5.41, 5.74) is 5.43. The lowest BCUT2D eigenvalue weighted by atomic mass is 9.86. The maximum atomic E-state index is 12.4. The van der Waals surface area contributed by atoms with Gasteiger partial charge >= 0.3 is 5.97 Å². The lowest BCUT2D eigenvalue weighted by molar-refractivity contribution is -0.141. The molecule has 0 aromatic heterocycles. The van der Waals surface area contributed by atoms with E-state index in [1.807, 2.05) is 20.8 Å². The lowest BCUT2D eigenvalue weighted by Gasteiger charge is -2.38. The summed E-state index contributed by atoms with van der Waals surface area (Å²) in [6, 6.07) is -1.63. The van der Waals surface area contributed by atoms with Gasteiger partial charge in [0.05, 0.1) is 30.0 Å². The van der Waals surface area contributed by atoms with Gasteiger partial charge in [0.2, 0.25) is 5.91 Å². The zero-order chi connectivity index (χ0) is 15.7. The number of carbonyl (C=O) groups excluding carboxylic acids is 1. The molecule has 1 heterocycles. The Kier molecular flexibility index (Phi) is 4.81. The predicted molar refractivity (Wildman–Crippen MR) is 73.8 cm³/mol. The number of sulfone groups is 1. The molecule has 116 valence electrons. The fourth-order valence-electron chi connectivity index (χ4n) is 2.10. The molecule has 3 N–H and O–H groups in total. The lowest BCUT2D eigenvalue weighted by Crippen LogP contribution is -2.58. The molecule has 7 nitrogen and oxygen atoms in total. The molecule has 1 amide bonds. The van der Waals surface area contributed by atoms with Crippen molar-refractivity contribution in [2.24, 2.45) is 11.1 Å². The third kappa shape index (κ3) is 4.17. The molecule has 2 atom stereocenters. The highest BCUT2D eigenvalue weighted by Gasteiger charge is 2.39. The molecule has 1 rings (SSSR count). The summed E-state index contributed by atoms with van der Waals surface area (Å²) >= 11 is 0. The van der Waals surface area contributed by atoms with Crippen molar-refractivity contribution in [3.8, 4) is 0 Å². The Morgan fingerprint density at radius 2 is 1.95 bits per heavy atom. The Balaban J connectivity index is 2.96. The zero-order valence-corrected chi connectivity index (χ0v) is 12.8.